The van der Waals surface area contributed by atoms with E-state index in [1.54, 1.807) is 32.2 Å². The summed E-state index contributed by atoms with van der Waals surface area (Å²) in [5.74, 6) is 0.764. The van der Waals surface area contributed by atoms with Crippen LogP contribution < -0.4 is 9.47 Å². The van der Waals surface area contributed by atoms with E-state index in [4.69, 9.17) is 9.47 Å². The second kappa shape index (κ2) is 6.45. The smallest absolute Gasteiger partial charge is 0.161 e. The van der Waals surface area contributed by atoms with Gasteiger partial charge >= 0.3 is 0 Å². The molecule has 2 aromatic rings. The number of hydrogen-bond acceptors (Lipinski definition) is 3. The third kappa shape index (κ3) is 3.19. The number of halogens is 2. The van der Waals surface area contributed by atoms with Gasteiger partial charge in [-0.3, -0.25) is 0 Å². The summed E-state index contributed by atoms with van der Waals surface area (Å²) in [7, 11) is 3.08. The molecule has 0 aliphatic heterocycles. The average molecular weight is 355 g/mol. The fourth-order valence-electron chi connectivity index (χ4n) is 2.19. The Balaban J connectivity index is 2.50. The lowest BCUT2D eigenvalue weighted by molar-refractivity contribution is 0.217. The van der Waals surface area contributed by atoms with Crippen LogP contribution >= 0.6 is 15.9 Å². The van der Waals surface area contributed by atoms with Crippen LogP contribution in [-0.4, -0.2) is 19.3 Å². The topological polar surface area (TPSA) is 38.7 Å². The Bertz CT molecular complexity index is 658. The van der Waals surface area contributed by atoms with E-state index >= 15 is 0 Å². The molecule has 21 heavy (non-hydrogen) atoms. The quantitative estimate of drug-likeness (QED) is 0.901. The van der Waals surface area contributed by atoms with Gasteiger partial charge in [0.05, 0.1) is 14.2 Å². The van der Waals surface area contributed by atoms with Crippen molar-refractivity contribution >= 4 is 15.9 Å². The van der Waals surface area contributed by atoms with Gasteiger partial charge in [0.1, 0.15) is 11.9 Å². The van der Waals surface area contributed by atoms with Crippen LogP contribution in [0.4, 0.5) is 4.39 Å². The number of aliphatic hydroxyl groups excluding tert-OH is 1. The predicted molar refractivity (Wildman–Crippen MR) is 82.4 cm³/mol. The summed E-state index contributed by atoms with van der Waals surface area (Å²) < 4.78 is 24.3. The van der Waals surface area contributed by atoms with Gasteiger partial charge in [0.25, 0.3) is 0 Å². The average Bonchev–Trinajstić information content (AvgIpc) is 2.46. The van der Waals surface area contributed by atoms with Crippen LogP contribution in [0.25, 0.3) is 0 Å². The molecule has 0 saturated carbocycles. The molecule has 0 saturated heterocycles. The number of rotatable bonds is 4. The molecule has 2 aromatic carbocycles. The maximum Gasteiger partial charge on any atom is 0.161 e. The van der Waals surface area contributed by atoms with Gasteiger partial charge in [-0.15, -0.1) is 0 Å². The molecule has 1 atom stereocenters. The second-order valence-electron chi connectivity index (χ2n) is 4.63. The Kier molecular flexibility index (Phi) is 4.85. The van der Waals surface area contributed by atoms with Crippen LogP contribution in [-0.2, 0) is 0 Å². The van der Waals surface area contributed by atoms with E-state index in [1.807, 2.05) is 0 Å². The van der Waals surface area contributed by atoms with Crippen molar-refractivity contribution in [3.63, 3.8) is 0 Å². The molecule has 0 aliphatic carbocycles. The van der Waals surface area contributed by atoms with Crippen molar-refractivity contribution in [2.24, 2.45) is 0 Å². The predicted octanol–water partition coefficient (Wildman–Crippen LogP) is 4.00. The second-order valence-corrected chi connectivity index (χ2v) is 5.49. The molecule has 3 nitrogen and oxygen atoms in total. The molecule has 5 heteroatoms. The van der Waals surface area contributed by atoms with E-state index < -0.39 is 6.10 Å². The zero-order valence-corrected chi connectivity index (χ0v) is 13.6. The Morgan fingerprint density at radius 1 is 1.05 bits per heavy atom. The lowest BCUT2D eigenvalue weighted by Gasteiger charge is -2.18. The first-order chi connectivity index (χ1) is 9.97. The molecule has 112 valence electrons. The summed E-state index contributed by atoms with van der Waals surface area (Å²) in [6.07, 6.45) is -0.889. The molecular formula is C16H16BrFO3. The maximum absolute atomic E-state index is 13.2. The first-order valence-corrected chi connectivity index (χ1v) is 7.12. The number of benzene rings is 2. The molecule has 0 fully saturated rings. The fraction of sp³-hybridized carbons (Fsp3) is 0.250. The van der Waals surface area contributed by atoms with Crippen molar-refractivity contribution in [3.8, 4) is 11.5 Å². The normalized spacial score (nSPS) is 12.1. The molecular weight excluding hydrogens is 339 g/mol. The standard InChI is InChI=1S/C16H16BrFO3/c1-9-6-10(18)4-5-11(9)16(19)12-7-14(20-2)15(21-3)8-13(12)17/h4-8,16,19H,1-3H3. The third-order valence-corrected chi connectivity index (χ3v) is 4.01. The summed E-state index contributed by atoms with van der Waals surface area (Å²) >= 11 is 3.42. The zero-order chi connectivity index (χ0) is 15.6. The SMILES string of the molecule is COc1cc(Br)c(C(O)c2ccc(F)cc2C)cc1OC. The largest absolute Gasteiger partial charge is 0.493 e. The van der Waals surface area contributed by atoms with Crippen LogP contribution in [0.2, 0.25) is 0 Å². The molecule has 1 N–H and O–H groups in total. The number of aliphatic hydroxyl groups is 1. The molecule has 0 aliphatic rings. The minimum Gasteiger partial charge on any atom is -0.493 e. The Hall–Kier alpha value is -1.59. The molecule has 0 bridgehead atoms. The van der Waals surface area contributed by atoms with E-state index in [0.29, 0.717) is 32.7 Å². The van der Waals surface area contributed by atoms with Crippen LogP contribution in [0.15, 0.2) is 34.8 Å². The highest BCUT2D eigenvalue weighted by Gasteiger charge is 2.19. The Labute approximate surface area is 131 Å². The van der Waals surface area contributed by atoms with Crippen molar-refractivity contribution in [2.45, 2.75) is 13.0 Å². The number of ether oxygens (including phenoxy) is 2. The van der Waals surface area contributed by atoms with Crippen molar-refractivity contribution in [1.82, 2.24) is 0 Å². The highest BCUT2D eigenvalue weighted by Crippen LogP contribution is 2.38. The van der Waals surface area contributed by atoms with Gasteiger partial charge in [-0.05, 0) is 42.3 Å². The molecule has 0 radical (unpaired) electrons. The van der Waals surface area contributed by atoms with Crippen molar-refractivity contribution in [2.75, 3.05) is 14.2 Å². The van der Waals surface area contributed by atoms with Gasteiger partial charge in [-0.2, -0.15) is 0 Å². The van der Waals surface area contributed by atoms with Crippen molar-refractivity contribution in [3.05, 3.63) is 57.3 Å². The van der Waals surface area contributed by atoms with Crippen molar-refractivity contribution in [1.29, 1.82) is 0 Å². The summed E-state index contributed by atoms with van der Waals surface area (Å²) in [6, 6.07) is 7.75. The minimum absolute atomic E-state index is 0.324. The van der Waals surface area contributed by atoms with E-state index in [2.05, 4.69) is 15.9 Å². The van der Waals surface area contributed by atoms with Crippen LogP contribution in [0, 0.1) is 12.7 Å². The molecule has 0 aromatic heterocycles. The van der Waals surface area contributed by atoms with Crippen LogP contribution in [0.5, 0.6) is 11.5 Å². The van der Waals surface area contributed by atoms with E-state index in [0.717, 1.165) is 0 Å². The lowest BCUT2D eigenvalue weighted by Crippen LogP contribution is -2.04. The monoisotopic (exact) mass is 354 g/mol. The van der Waals surface area contributed by atoms with Crippen molar-refractivity contribution < 1.29 is 19.0 Å². The minimum atomic E-state index is -0.889. The number of aryl methyl sites for hydroxylation is 1. The Morgan fingerprint density at radius 3 is 2.24 bits per heavy atom. The first-order valence-electron chi connectivity index (χ1n) is 6.33. The zero-order valence-electron chi connectivity index (χ0n) is 12.0. The molecule has 0 heterocycles. The summed E-state index contributed by atoms with van der Waals surface area (Å²) in [5.41, 5.74) is 1.95. The van der Waals surface area contributed by atoms with Gasteiger partial charge in [0.2, 0.25) is 0 Å². The van der Waals surface area contributed by atoms with Gasteiger partial charge in [-0.1, -0.05) is 22.0 Å². The summed E-state index contributed by atoms with van der Waals surface area (Å²) in [5, 5.41) is 10.6. The molecule has 2 rings (SSSR count). The Morgan fingerprint density at radius 2 is 1.67 bits per heavy atom. The molecule has 0 amide bonds. The number of methoxy groups -OCH3 is 2. The van der Waals surface area contributed by atoms with Crippen LogP contribution in [0.1, 0.15) is 22.8 Å². The van der Waals surface area contributed by atoms with E-state index in [-0.39, 0.29) is 5.82 Å². The fourth-order valence-corrected chi connectivity index (χ4v) is 2.73. The maximum atomic E-state index is 13.2. The van der Waals surface area contributed by atoms with Gasteiger partial charge in [-0.25, -0.2) is 4.39 Å². The van der Waals surface area contributed by atoms with Gasteiger partial charge in [0, 0.05) is 10.0 Å². The molecule has 1 unspecified atom stereocenters. The number of hydrogen-bond donors (Lipinski definition) is 1. The van der Waals surface area contributed by atoms with Gasteiger partial charge < -0.3 is 14.6 Å². The van der Waals surface area contributed by atoms with Gasteiger partial charge in [0.15, 0.2) is 11.5 Å². The summed E-state index contributed by atoms with van der Waals surface area (Å²) in [6.45, 7) is 1.76. The lowest BCUT2D eigenvalue weighted by atomic mass is 9.97. The summed E-state index contributed by atoms with van der Waals surface area (Å²) in [4.78, 5) is 0. The first kappa shape index (κ1) is 15.8. The highest BCUT2D eigenvalue weighted by atomic mass is 79.9. The third-order valence-electron chi connectivity index (χ3n) is 3.32. The van der Waals surface area contributed by atoms with E-state index in [9.17, 15) is 9.50 Å². The molecule has 0 spiro atoms. The van der Waals surface area contributed by atoms with Crippen LogP contribution in [0.3, 0.4) is 0 Å². The highest BCUT2D eigenvalue weighted by molar-refractivity contribution is 9.10. The van der Waals surface area contributed by atoms with E-state index in [1.165, 1.54) is 19.2 Å².